The van der Waals surface area contributed by atoms with Crippen molar-refractivity contribution in [2.75, 3.05) is 25.6 Å². The van der Waals surface area contributed by atoms with Crippen LogP contribution in [0.1, 0.15) is 67.4 Å². The molecule has 1 aromatic carbocycles. The normalized spacial score (nSPS) is 21.3. The molecule has 3 atom stereocenters. The summed E-state index contributed by atoms with van der Waals surface area (Å²) in [6, 6.07) is 1.78. The Morgan fingerprint density at radius 3 is 2.53 bits per heavy atom. The summed E-state index contributed by atoms with van der Waals surface area (Å²) in [6.45, 7) is 3.14. The topological polar surface area (TPSA) is 115 Å². The number of hydrogen-bond donors (Lipinski definition) is 3. The lowest BCUT2D eigenvalue weighted by molar-refractivity contribution is -0.129. The smallest absolute Gasteiger partial charge is 0.196 e. The number of aromatic hydroxyl groups is 1. The van der Waals surface area contributed by atoms with Gasteiger partial charge < -0.3 is 20.2 Å². The summed E-state index contributed by atoms with van der Waals surface area (Å²) in [7, 11) is 3.71. The second-order valence-corrected chi connectivity index (χ2v) is 9.45. The molecule has 34 heavy (non-hydrogen) atoms. The van der Waals surface area contributed by atoms with Crippen molar-refractivity contribution in [3.05, 3.63) is 34.1 Å². The minimum absolute atomic E-state index is 0.114. The maximum Gasteiger partial charge on any atom is 0.196 e. The second-order valence-electron chi connectivity index (χ2n) is 9.45. The zero-order valence-corrected chi connectivity index (χ0v) is 20.3. The molecular formula is C27H33NO6. The number of carbonyl (C=O) groups is 3. The first-order chi connectivity index (χ1) is 16.1. The Hall–Kier alpha value is -3.11. The lowest BCUT2D eigenvalue weighted by Gasteiger charge is -2.39. The van der Waals surface area contributed by atoms with E-state index >= 15 is 0 Å². The van der Waals surface area contributed by atoms with Crippen LogP contribution in [0.3, 0.4) is 0 Å². The Labute approximate surface area is 200 Å². The van der Waals surface area contributed by atoms with E-state index in [4.69, 9.17) is 0 Å². The van der Waals surface area contributed by atoms with Gasteiger partial charge in [-0.15, -0.1) is 0 Å². The van der Waals surface area contributed by atoms with Crippen LogP contribution in [0, 0.1) is 29.6 Å². The third kappa shape index (κ3) is 4.74. The highest BCUT2D eigenvalue weighted by Gasteiger charge is 2.46. The molecule has 0 fully saturated rings. The number of anilines is 1. The largest absolute Gasteiger partial charge is 0.511 e. The molecule has 0 spiro atoms. The first-order valence-electron chi connectivity index (χ1n) is 11.8. The van der Waals surface area contributed by atoms with Crippen molar-refractivity contribution < 1.29 is 29.7 Å². The maximum atomic E-state index is 13.7. The molecule has 182 valence electrons. The second kappa shape index (κ2) is 10.4. The van der Waals surface area contributed by atoms with Crippen molar-refractivity contribution in [1.82, 2.24) is 0 Å². The van der Waals surface area contributed by atoms with Crippen molar-refractivity contribution in [1.29, 1.82) is 0 Å². The van der Waals surface area contributed by atoms with Crippen LogP contribution in [0.2, 0.25) is 0 Å². The minimum Gasteiger partial charge on any atom is -0.511 e. The van der Waals surface area contributed by atoms with Crippen LogP contribution < -0.4 is 4.90 Å². The molecule has 0 amide bonds. The summed E-state index contributed by atoms with van der Waals surface area (Å²) in [4.78, 5) is 40.0. The Morgan fingerprint density at radius 2 is 1.94 bits per heavy atom. The molecule has 0 heterocycles. The molecule has 2 aliphatic rings. The fourth-order valence-corrected chi connectivity index (χ4v) is 5.23. The zero-order chi connectivity index (χ0) is 25.2. The van der Waals surface area contributed by atoms with Gasteiger partial charge in [-0.05, 0) is 56.1 Å². The number of hydrogen-bond acceptors (Lipinski definition) is 7. The fourth-order valence-electron chi connectivity index (χ4n) is 5.23. The van der Waals surface area contributed by atoms with Crippen LogP contribution in [0.15, 0.2) is 17.4 Å². The number of phenols is 1. The molecule has 3 unspecified atom stereocenters. The van der Waals surface area contributed by atoms with Crippen LogP contribution >= 0.6 is 0 Å². The molecule has 0 saturated carbocycles. The molecule has 3 rings (SSSR count). The predicted molar refractivity (Wildman–Crippen MR) is 129 cm³/mol. The van der Waals surface area contributed by atoms with Crippen molar-refractivity contribution in [2.45, 2.75) is 52.4 Å². The van der Waals surface area contributed by atoms with E-state index in [1.807, 2.05) is 25.9 Å². The van der Waals surface area contributed by atoms with Crippen LogP contribution in [-0.2, 0) is 16.0 Å². The minimum atomic E-state index is -1.02. The first-order valence-corrected chi connectivity index (χ1v) is 11.8. The van der Waals surface area contributed by atoms with E-state index in [2.05, 4.69) is 11.8 Å². The number of unbranched alkanes of at least 4 members (excludes halogenated alkanes) is 1. The van der Waals surface area contributed by atoms with Gasteiger partial charge in [0.25, 0.3) is 0 Å². The first kappa shape index (κ1) is 25.5. The third-order valence-corrected chi connectivity index (χ3v) is 6.69. The number of Topliss-reactive ketones (excluding diaryl/α,β-unsaturated/α-hetero) is 3. The van der Waals surface area contributed by atoms with E-state index < -0.39 is 17.5 Å². The predicted octanol–water partition coefficient (Wildman–Crippen LogP) is 3.34. The molecule has 0 radical (unpaired) electrons. The van der Waals surface area contributed by atoms with Gasteiger partial charge in [-0.1, -0.05) is 18.8 Å². The number of rotatable bonds is 7. The Balaban J connectivity index is 2.19. The van der Waals surface area contributed by atoms with Crippen LogP contribution in [0.4, 0.5) is 5.69 Å². The Kier molecular flexibility index (Phi) is 7.83. The quantitative estimate of drug-likeness (QED) is 0.416. The monoisotopic (exact) mass is 467 g/mol. The highest BCUT2D eigenvalue weighted by atomic mass is 16.3. The standard InChI is InChI=1S/C27H33NO6/c1-5-6-7-8-17-14-20(28(3)4)19-13-18-12-16(9-10-29)22(21(31)11-15(2)30)26(33)23(18)27(34)24(19)25(17)32/h14,16,18,22,29,32-33H,5-6,9-13H2,1-4H3. The van der Waals surface area contributed by atoms with Gasteiger partial charge in [-0.2, -0.15) is 0 Å². The number of nitrogens with zero attached hydrogens (tertiary/aromatic N) is 1. The van der Waals surface area contributed by atoms with E-state index in [9.17, 15) is 29.7 Å². The highest BCUT2D eigenvalue weighted by Crippen LogP contribution is 2.49. The van der Waals surface area contributed by atoms with E-state index in [0.29, 0.717) is 30.4 Å². The molecule has 0 saturated heterocycles. The summed E-state index contributed by atoms with van der Waals surface area (Å²) in [5, 5.41) is 31.8. The molecule has 0 aromatic heterocycles. The summed E-state index contributed by atoms with van der Waals surface area (Å²) in [6.07, 6.45) is 2.28. The number of benzene rings is 1. The number of aliphatic hydroxyl groups excluding tert-OH is 2. The Bertz CT molecular complexity index is 1100. The third-order valence-electron chi connectivity index (χ3n) is 6.69. The summed E-state index contributed by atoms with van der Waals surface area (Å²) >= 11 is 0. The molecule has 1 aromatic rings. The zero-order valence-electron chi connectivity index (χ0n) is 20.3. The van der Waals surface area contributed by atoms with Gasteiger partial charge in [0.2, 0.25) is 0 Å². The molecule has 7 nitrogen and oxygen atoms in total. The SMILES string of the molecule is CCCC#Cc1cc(N(C)C)c2c(c1O)C(=O)C1=C(O)C(C(=O)CC(C)=O)C(CCO)CC1C2. The Morgan fingerprint density at radius 1 is 1.24 bits per heavy atom. The van der Waals surface area contributed by atoms with Gasteiger partial charge in [0.1, 0.15) is 17.3 Å². The van der Waals surface area contributed by atoms with E-state index in [0.717, 1.165) is 12.1 Å². The lowest BCUT2D eigenvalue weighted by atomic mass is 9.64. The van der Waals surface area contributed by atoms with E-state index in [1.165, 1.54) is 6.92 Å². The summed E-state index contributed by atoms with van der Waals surface area (Å²) in [5.41, 5.74) is 2.05. The maximum absolute atomic E-state index is 13.7. The number of carbonyl (C=O) groups excluding carboxylic acids is 3. The van der Waals surface area contributed by atoms with Gasteiger partial charge in [0.15, 0.2) is 11.6 Å². The number of phenolic OH excluding ortho intramolecular Hbond substituents is 1. The molecule has 2 aliphatic carbocycles. The van der Waals surface area contributed by atoms with E-state index in [-0.39, 0.29) is 59.7 Å². The van der Waals surface area contributed by atoms with Crippen molar-refractivity contribution in [2.24, 2.45) is 17.8 Å². The van der Waals surface area contributed by atoms with Gasteiger partial charge >= 0.3 is 0 Å². The van der Waals surface area contributed by atoms with E-state index in [1.54, 1.807) is 6.07 Å². The summed E-state index contributed by atoms with van der Waals surface area (Å²) < 4.78 is 0. The van der Waals surface area contributed by atoms with Gasteiger partial charge in [-0.3, -0.25) is 14.4 Å². The number of fused-ring (bicyclic) bond motifs is 2. The van der Waals surface area contributed by atoms with Crippen molar-refractivity contribution in [3.63, 3.8) is 0 Å². The molecule has 0 aliphatic heterocycles. The number of allylic oxidation sites excluding steroid dienone is 2. The molecule has 7 heteroatoms. The van der Waals surface area contributed by atoms with Crippen molar-refractivity contribution in [3.8, 4) is 17.6 Å². The average molecular weight is 468 g/mol. The van der Waals surface area contributed by atoms with Gasteiger partial charge in [0, 0.05) is 38.4 Å². The fraction of sp³-hybridized carbons (Fsp3) is 0.519. The number of aliphatic hydroxyl groups is 2. The van der Waals surface area contributed by atoms with Crippen LogP contribution in [0.25, 0.3) is 0 Å². The van der Waals surface area contributed by atoms with Crippen LogP contribution in [-0.4, -0.2) is 53.4 Å². The van der Waals surface area contributed by atoms with Crippen molar-refractivity contribution >= 4 is 23.0 Å². The lowest BCUT2D eigenvalue weighted by Crippen LogP contribution is -2.39. The average Bonchev–Trinajstić information content (AvgIpc) is 2.74. The summed E-state index contributed by atoms with van der Waals surface area (Å²) in [5.74, 6) is 2.39. The number of ketones is 3. The van der Waals surface area contributed by atoms with Crippen LogP contribution in [0.5, 0.6) is 5.75 Å². The highest BCUT2D eigenvalue weighted by molar-refractivity contribution is 6.15. The van der Waals surface area contributed by atoms with Gasteiger partial charge in [-0.25, -0.2) is 0 Å². The molecule has 0 bridgehead atoms. The molecular weight excluding hydrogens is 434 g/mol. The molecule has 3 N–H and O–H groups in total. The van der Waals surface area contributed by atoms with Gasteiger partial charge in [0.05, 0.1) is 23.5 Å².